The third-order valence-corrected chi connectivity index (χ3v) is 4.30. The maximum Gasteiger partial charge on any atom is 0.265 e. The second kappa shape index (κ2) is 4.36. The van der Waals surface area contributed by atoms with Gasteiger partial charge in [0.1, 0.15) is 9.84 Å². The minimum Gasteiger partial charge on any atom is -0.316 e. The summed E-state index contributed by atoms with van der Waals surface area (Å²) in [6.07, 6.45) is 1.12. The molecule has 0 spiro atoms. The molecule has 2 atom stereocenters. The van der Waals surface area contributed by atoms with Gasteiger partial charge < -0.3 is 5.32 Å². The molecule has 0 aliphatic carbocycles. The molecule has 8 heteroatoms. The molecule has 6 nitrogen and oxygen atoms in total. The van der Waals surface area contributed by atoms with Crippen molar-refractivity contribution in [3.8, 4) is 0 Å². The number of nitrogens with one attached hydrogen (secondary N) is 1. The smallest absolute Gasteiger partial charge is 0.265 e. The third-order valence-electron chi connectivity index (χ3n) is 2.42. The van der Waals surface area contributed by atoms with Gasteiger partial charge in [0.2, 0.25) is 0 Å². The van der Waals surface area contributed by atoms with Crippen molar-refractivity contribution in [1.29, 1.82) is 0 Å². The highest BCUT2D eigenvalue weighted by molar-refractivity contribution is 7.90. The van der Waals surface area contributed by atoms with Crippen LogP contribution >= 0.6 is 0 Å². The van der Waals surface area contributed by atoms with Crippen molar-refractivity contribution in [1.82, 2.24) is 5.32 Å². The van der Waals surface area contributed by atoms with E-state index in [2.05, 4.69) is 5.32 Å². The molecular formula is C7H15NO5S2. The molecule has 2 unspecified atom stereocenters. The summed E-state index contributed by atoms with van der Waals surface area (Å²) in [7, 11) is -7.14. The Morgan fingerprint density at radius 3 is 2.00 bits per heavy atom. The van der Waals surface area contributed by atoms with E-state index in [0.717, 1.165) is 6.26 Å². The van der Waals surface area contributed by atoms with Crippen molar-refractivity contribution >= 4 is 20.0 Å². The molecule has 0 saturated carbocycles. The Labute approximate surface area is 89.7 Å². The van der Waals surface area contributed by atoms with Crippen molar-refractivity contribution in [3.63, 3.8) is 0 Å². The fourth-order valence-corrected chi connectivity index (χ4v) is 3.94. The molecule has 1 aliphatic rings. The maximum absolute atomic E-state index is 11.1. The predicted octanol–water partition coefficient (Wildman–Crippen LogP) is -1.25. The van der Waals surface area contributed by atoms with Crippen LogP contribution in [0, 0.1) is 11.8 Å². The summed E-state index contributed by atoms with van der Waals surface area (Å²) in [5, 5.41) is 2.93. The average molecular weight is 257 g/mol. The Hall–Kier alpha value is -0.180. The lowest BCUT2D eigenvalue weighted by Gasteiger charge is -2.15. The lowest BCUT2D eigenvalue weighted by molar-refractivity contribution is 0.439. The molecule has 1 fully saturated rings. The van der Waals surface area contributed by atoms with Gasteiger partial charge in [0, 0.05) is 6.26 Å². The highest BCUT2D eigenvalue weighted by atomic mass is 32.2. The Morgan fingerprint density at radius 1 is 1.13 bits per heavy atom. The molecule has 1 heterocycles. The van der Waals surface area contributed by atoms with Gasteiger partial charge in [-0.15, -0.1) is 0 Å². The van der Waals surface area contributed by atoms with Gasteiger partial charge in [0.05, 0.1) is 11.5 Å². The van der Waals surface area contributed by atoms with E-state index in [1.807, 2.05) is 0 Å². The van der Waals surface area contributed by atoms with E-state index in [4.69, 9.17) is 4.55 Å². The number of sulfone groups is 1. The first-order valence-corrected chi connectivity index (χ1v) is 8.18. The second-order valence-corrected chi connectivity index (χ2v) is 7.70. The molecule has 90 valence electrons. The van der Waals surface area contributed by atoms with Crippen LogP contribution in [0.25, 0.3) is 0 Å². The average Bonchev–Trinajstić information content (AvgIpc) is 2.29. The molecule has 1 saturated heterocycles. The van der Waals surface area contributed by atoms with Gasteiger partial charge in [0.25, 0.3) is 10.1 Å². The normalized spacial score (nSPS) is 28.1. The number of rotatable bonds is 4. The summed E-state index contributed by atoms with van der Waals surface area (Å²) >= 11 is 0. The Bertz CT molecular complexity index is 373. The Balaban J connectivity index is 2.66. The largest absolute Gasteiger partial charge is 0.316 e. The molecule has 0 amide bonds. The lowest BCUT2D eigenvalue weighted by atomic mass is 10.0. The number of hydrogen-bond donors (Lipinski definition) is 2. The van der Waals surface area contributed by atoms with Crippen molar-refractivity contribution in [2.45, 2.75) is 0 Å². The second-order valence-electron chi connectivity index (χ2n) is 4.02. The van der Waals surface area contributed by atoms with Crippen LogP contribution in [-0.2, 0) is 20.0 Å². The summed E-state index contributed by atoms with van der Waals surface area (Å²) in [6, 6.07) is 0. The Morgan fingerprint density at radius 2 is 1.60 bits per heavy atom. The van der Waals surface area contributed by atoms with Crippen LogP contribution in [0.5, 0.6) is 0 Å². The molecule has 0 aromatic carbocycles. The molecule has 1 aliphatic heterocycles. The highest BCUT2D eigenvalue weighted by Crippen LogP contribution is 2.19. The first kappa shape index (κ1) is 12.9. The van der Waals surface area contributed by atoms with Crippen LogP contribution in [-0.4, -0.2) is 52.2 Å². The maximum atomic E-state index is 11.1. The summed E-state index contributed by atoms with van der Waals surface area (Å²) in [4.78, 5) is 0. The topological polar surface area (TPSA) is 101 Å². The van der Waals surface area contributed by atoms with Gasteiger partial charge >= 0.3 is 0 Å². The zero-order chi connectivity index (χ0) is 11.7. The fourth-order valence-electron chi connectivity index (χ4n) is 1.84. The minimum absolute atomic E-state index is 0.0415. The molecule has 0 radical (unpaired) electrons. The van der Waals surface area contributed by atoms with Crippen LogP contribution in [0.3, 0.4) is 0 Å². The van der Waals surface area contributed by atoms with E-state index >= 15 is 0 Å². The zero-order valence-electron chi connectivity index (χ0n) is 8.38. The van der Waals surface area contributed by atoms with E-state index < -0.39 is 20.0 Å². The first-order chi connectivity index (χ1) is 6.67. The monoisotopic (exact) mass is 257 g/mol. The molecule has 0 aromatic rings. The Kier molecular flexibility index (Phi) is 3.75. The lowest BCUT2D eigenvalue weighted by Crippen LogP contribution is -2.27. The van der Waals surface area contributed by atoms with Gasteiger partial charge in [-0.2, -0.15) is 8.42 Å². The predicted molar refractivity (Wildman–Crippen MR) is 56.0 cm³/mol. The van der Waals surface area contributed by atoms with Crippen LogP contribution in [0.2, 0.25) is 0 Å². The van der Waals surface area contributed by atoms with Crippen LogP contribution < -0.4 is 5.32 Å². The molecular weight excluding hydrogens is 242 g/mol. The van der Waals surface area contributed by atoms with Gasteiger partial charge in [0.15, 0.2) is 0 Å². The summed E-state index contributed by atoms with van der Waals surface area (Å²) in [6.45, 7) is 0.910. The number of hydrogen-bond acceptors (Lipinski definition) is 5. The van der Waals surface area contributed by atoms with E-state index in [1.54, 1.807) is 0 Å². The molecule has 15 heavy (non-hydrogen) atoms. The van der Waals surface area contributed by atoms with Crippen molar-refractivity contribution in [3.05, 3.63) is 0 Å². The highest BCUT2D eigenvalue weighted by Gasteiger charge is 2.32. The summed E-state index contributed by atoms with van der Waals surface area (Å²) in [5.41, 5.74) is 0. The van der Waals surface area contributed by atoms with Crippen molar-refractivity contribution in [2.24, 2.45) is 11.8 Å². The molecule has 1 rings (SSSR count). The van der Waals surface area contributed by atoms with Crippen molar-refractivity contribution in [2.75, 3.05) is 30.9 Å². The van der Waals surface area contributed by atoms with E-state index in [1.165, 1.54) is 0 Å². The van der Waals surface area contributed by atoms with E-state index in [0.29, 0.717) is 13.1 Å². The van der Waals surface area contributed by atoms with Gasteiger partial charge in [-0.1, -0.05) is 0 Å². The molecule has 0 aromatic heterocycles. The van der Waals surface area contributed by atoms with Crippen LogP contribution in [0.15, 0.2) is 0 Å². The summed E-state index contributed by atoms with van der Waals surface area (Å²) in [5.74, 6) is -0.975. The quantitative estimate of drug-likeness (QED) is 0.611. The third kappa shape index (κ3) is 4.92. The van der Waals surface area contributed by atoms with E-state index in [9.17, 15) is 16.8 Å². The fraction of sp³-hybridized carbons (Fsp3) is 1.00. The van der Waals surface area contributed by atoms with Crippen LogP contribution in [0.1, 0.15) is 0 Å². The van der Waals surface area contributed by atoms with Crippen molar-refractivity contribution < 1.29 is 21.4 Å². The van der Waals surface area contributed by atoms with Gasteiger partial charge in [-0.25, -0.2) is 8.42 Å². The van der Waals surface area contributed by atoms with Gasteiger partial charge in [-0.3, -0.25) is 4.55 Å². The minimum atomic E-state index is -4.03. The standard InChI is InChI=1S/C7H15NO5S2/c1-14(9,10)4-6-2-8-3-7(6)5-15(11,12)13/h6-8H,2-5H2,1H3,(H,11,12,13). The van der Waals surface area contributed by atoms with E-state index in [-0.39, 0.29) is 23.3 Å². The SMILES string of the molecule is CS(=O)(=O)CC1CNCC1CS(=O)(=O)O. The zero-order valence-corrected chi connectivity index (χ0v) is 10.0. The molecule has 0 bridgehead atoms. The summed E-state index contributed by atoms with van der Waals surface area (Å²) < 4.78 is 52.2. The first-order valence-electron chi connectivity index (χ1n) is 4.51. The molecule has 2 N–H and O–H groups in total. The van der Waals surface area contributed by atoms with Gasteiger partial charge in [-0.05, 0) is 24.9 Å². The van der Waals surface area contributed by atoms with Crippen LogP contribution in [0.4, 0.5) is 0 Å².